The number of rotatable bonds is 6. The minimum atomic E-state index is -3.67. The lowest BCUT2D eigenvalue weighted by Gasteiger charge is -2.20. The number of amides is 1. The van der Waals surface area contributed by atoms with Gasteiger partial charge in [-0.25, -0.2) is 8.42 Å². The number of hydrogen-bond acceptors (Lipinski definition) is 7. The summed E-state index contributed by atoms with van der Waals surface area (Å²) in [5.74, 6) is 0.340. The minimum absolute atomic E-state index is 0.0726. The molecule has 1 amide bonds. The monoisotopic (exact) mass is 460 g/mol. The van der Waals surface area contributed by atoms with Gasteiger partial charge in [0.2, 0.25) is 15.2 Å². The lowest BCUT2D eigenvalue weighted by Crippen LogP contribution is -2.32. The number of thioether (sulfide) groups is 1. The molecular formula is C17H21ClN4O3S3. The molecule has 0 radical (unpaired) electrons. The van der Waals surface area contributed by atoms with Gasteiger partial charge >= 0.3 is 0 Å². The maximum absolute atomic E-state index is 13.0. The number of carbonyl (C=O) groups excluding carboxylic acids is 1. The lowest BCUT2D eigenvalue weighted by atomic mass is 10.2. The summed E-state index contributed by atoms with van der Waals surface area (Å²) in [6.45, 7) is 2.99. The second kappa shape index (κ2) is 9.53. The molecule has 3 rings (SSSR count). The summed E-state index contributed by atoms with van der Waals surface area (Å²) in [6.07, 6.45) is 3.74. The molecule has 152 valence electrons. The predicted octanol–water partition coefficient (Wildman–Crippen LogP) is 4.12. The van der Waals surface area contributed by atoms with Crippen LogP contribution in [0.1, 0.15) is 43.0 Å². The zero-order valence-electron chi connectivity index (χ0n) is 15.4. The number of nitrogens with zero attached hydrogens (tertiary/aromatic N) is 3. The van der Waals surface area contributed by atoms with E-state index in [4.69, 9.17) is 11.6 Å². The van der Waals surface area contributed by atoms with Gasteiger partial charge in [0.05, 0.1) is 15.5 Å². The molecule has 0 bridgehead atoms. The van der Waals surface area contributed by atoms with Crippen LogP contribution in [0.4, 0.5) is 5.13 Å². The van der Waals surface area contributed by atoms with Crippen LogP contribution in [0.2, 0.25) is 5.02 Å². The Hall–Kier alpha value is -1.20. The molecule has 0 spiro atoms. The van der Waals surface area contributed by atoms with Gasteiger partial charge in [0.25, 0.3) is 5.91 Å². The zero-order valence-corrected chi connectivity index (χ0v) is 18.6. The first-order chi connectivity index (χ1) is 13.4. The standard InChI is InChI=1S/C17H21ClN4O3S3/c1-2-26-17-21-20-16(27-17)19-15(23)13-11-12(7-8-14(13)18)28(24,25)22-9-5-3-4-6-10-22/h7-8,11H,2-6,9-10H2,1H3,(H,19,20,23). The van der Waals surface area contributed by atoms with Gasteiger partial charge in [-0.15, -0.1) is 10.2 Å². The molecule has 1 aliphatic heterocycles. The number of aromatic nitrogens is 2. The Labute approximate surface area is 177 Å². The van der Waals surface area contributed by atoms with E-state index in [2.05, 4.69) is 15.5 Å². The normalized spacial score (nSPS) is 15.9. The molecule has 1 aromatic carbocycles. The van der Waals surface area contributed by atoms with Crippen LogP contribution in [0.25, 0.3) is 0 Å². The van der Waals surface area contributed by atoms with Crippen molar-refractivity contribution in [2.75, 3.05) is 24.2 Å². The maximum atomic E-state index is 13.0. The molecule has 1 saturated heterocycles. The van der Waals surface area contributed by atoms with Crippen LogP contribution in [-0.2, 0) is 10.0 Å². The highest BCUT2D eigenvalue weighted by atomic mass is 35.5. The summed E-state index contributed by atoms with van der Waals surface area (Å²) in [4.78, 5) is 12.7. The zero-order chi connectivity index (χ0) is 20.1. The Morgan fingerprint density at radius 3 is 2.64 bits per heavy atom. The number of carbonyl (C=O) groups is 1. The fraction of sp³-hybridized carbons (Fsp3) is 0.471. The molecular weight excluding hydrogens is 440 g/mol. The molecule has 1 N–H and O–H groups in total. The molecule has 2 heterocycles. The van der Waals surface area contributed by atoms with E-state index >= 15 is 0 Å². The van der Waals surface area contributed by atoms with Crippen LogP contribution in [0, 0.1) is 0 Å². The van der Waals surface area contributed by atoms with E-state index in [9.17, 15) is 13.2 Å². The molecule has 0 unspecified atom stereocenters. The highest BCUT2D eigenvalue weighted by Gasteiger charge is 2.27. The van der Waals surface area contributed by atoms with E-state index in [1.54, 1.807) is 0 Å². The summed E-state index contributed by atoms with van der Waals surface area (Å²) in [5.41, 5.74) is 0.0949. The highest BCUT2D eigenvalue weighted by molar-refractivity contribution is 8.01. The van der Waals surface area contributed by atoms with E-state index < -0.39 is 15.9 Å². The molecule has 28 heavy (non-hydrogen) atoms. The Balaban J connectivity index is 1.82. The fourth-order valence-corrected chi connectivity index (χ4v) is 6.27. The van der Waals surface area contributed by atoms with Crippen molar-refractivity contribution < 1.29 is 13.2 Å². The molecule has 7 nitrogen and oxygen atoms in total. The topological polar surface area (TPSA) is 92.3 Å². The van der Waals surface area contributed by atoms with Crippen molar-refractivity contribution in [3.8, 4) is 0 Å². The van der Waals surface area contributed by atoms with Crippen LogP contribution in [-0.4, -0.2) is 47.7 Å². The van der Waals surface area contributed by atoms with E-state index in [1.807, 2.05) is 6.92 Å². The largest absolute Gasteiger partial charge is 0.296 e. The van der Waals surface area contributed by atoms with Crippen molar-refractivity contribution in [3.05, 3.63) is 28.8 Å². The fourth-order valence-electron chi connectivity index (χ4n) is 2.88. The number of nitrogens with one attached hydrogen (secondary N) is 1. The smallest absolute Gasteiger partial charge is 0.259 e. The van der Waals surface area contributed by atoms with E-state index in [0.717, 1.165) is 35.8 Å². The van der Waals surface area contributed by atoms with Gasteiger partial charge in [-0.1, -0.05) is 54.5 Å². The van der Waals surface area contributed by atoms with Gasteiger partial charge in [-0.2, -0.15) is 4.31 Å². The Bertz CT molecular complexity index is 941. The lowest BCUT2D eigenvalue weighted by molar-refractivity contribution is 0.102. The molecule has 0 saturated carbocycles. The third-order valence-corrected chi connectivity index (χ3v) is 8.36. The van der Waals surface area contributed by atoms with Crippen molar-refractivity contribution in [2.45, 2.75) is 41.8 Å². The van der Waals surface area contributed by atoms with Crippen LogP contribution < -0.4 is 5.32 Å². The van der Waals surface area contributed by atoms with E-state index in [0.29, 0.717) is 18.2 Å². The van der Waals surface area contributed by atoms with Crippen molar-refractivity contribution in [3.63, 3.8) is 0 Å². The van der Waals surface area contributed by atoms with Crippen molar-refractivity contribution in [1.82, 2.24) is 14.5 Å². The van der Waals surface area contributed by atoms with Crippen LogP contribution in [0.3, 0.4) is 0 Å². The summed E-state index contributed by atoms with van der Waals surface area (Å²) in [5, 5.41) is 11.1. The number of anilines is 1. The van der Waals surface area contributed by atoms with Gasteiger partial charge < -0.3 is 0 Å². The second-order valence-electron chi connectivity index (χ2n) is 6.22. The second-order valence-corrected chi connectivity index (χ2v) is 11.1. The summed E-state index contributed by atoms with van der Waals surface area (Å²) < 4.78 is 28.2. The Kier molecular flexibility index (Phi) is 7.32. The number of benzene rings is 1. The van der Waals surface area contributed by atoms with Gasteiger partial charge in [0, 0.05) is 13.1 Å². The summed E-state index contributed by atoms with van der Waals surface area (Å²) in [7, 11) is -3.67. The van der Waals surface area contributed by atoms with Crippen molar-refractivity contribution in [2.24, 2.45) is 0 Å². The van der Waals surface area contributed by atoms with Gasteiger partial charge in [-0.05, 0) is 36.8 Å². The number of sulfonamides is 1. The molecule has 11 heteroatoms. The van der Waals surface area contributed by atoms with Gasteiger partial charge in [0.15, 0.2) is 4.34 Å². The summed E-state index contributed by atoms with van der Waals surface area (Å²) >= 11 is 8.96. The highest BCUT2D eigenvalue weighted by Crippen LogP contribution is 2.28. The molecule has 0 aliphatic carbocycles. The molecule has 2 aromatic rings. The Morgan fingerprint density at radius 1 is 1.25 bits per heavy atom. The van der Waals surface area contributed by atoms with Crippen LogP contribution in [0.5, 0.6) is 0 Å². The number of hydrogen-bond donors (Lipinski definition) is 1. The average Bonchev–Trinajstić information content (AvgIpc) is 2.92. The average molecular weight is 461 g/mol. The number of halogens is 1. The minimum Gasteiger partial charge on any atom is -0.296 e. The molecule has 1 fully saturated rings. The maximum Gasteiger partial charge on any atom is 0.259 e. The van der Waals surface area contributed by atoms with Gasteiger partial charge in [-0.3, -0.25) is 10.1 Å². The quantitative estimate of drug-likeness (QED) is 0.514. The SMILES string of the molecule is CCSc1nnc(NC(=O)c2cc(S(=O)(=O)N3CCCCCC3)ccc2Cl)s1. The van der Waals surface area contributed by atoms with Crippen molar-refractivity contribution in [1.29, 1.82) is 0 Å². The summed E-state index contributed by atoms with van der Waals surface area (Å²) in [6, 6.07) is 4.22. The Morgan fingerprint density at radius 2 is 1.96 bits per heavy atom. The van der Waals surface area contributed by atoms with Gasteiger partial charge in [0.1, 0.15) is 0 Å². The molecule has 1 aliphatic rings. The van der Waals surface area contributed by atoms with Crippen LogP contribution in [0.15, 0.2) is 27.4 Å². The first-order valence-corrected chi connectivity index (χ1v) is 12.6. The first kappa shape index (κ1) is 21.5. The first-order valence-electron chi connectivity index (χ1n) is 8.99. The third kappa shape index (κ3) is 5.04. The van der Waals surface area contributed by atoms with E-state index in [1.165, 1.54) is 45.6 Å². The van der Waals surface area contributed by atoms with E-state index in [-0.39, 0.29) is 15.5 Å². The van der Waals surface area contributed by atoms with Crippen LogP contribution >= 0.6 is 34.7 Å². The van der Waals surface area contributed by atoms with Crippen molar-refractivity contribution >= 4 is 55.8 Å². The molecule has 1 aromatic heterocycles. The third-order valence-electron chi connectivity index (χ3n) is 4.28. The molecule has 0 atom stereocenters. The predicted molar refractivity (Wildman–Crippen MR) is 113 cm³/mol.